The van der Waals surface area contributed by atoms with Gasteiger partial charge in [0.1, 0.15) is 11.0 Å². The Kier molecular flexibility index (Phi) is 4.97. The molecule has 4 nitrogen and oxygen atoms in total. The summed E-state index contributed by atoms with van der Waals surface area (Å²) in [4.78, 5) is 15.1. The van der Waals surface area contributed by atoms with Gasteiger partial charge in [-0.2, -0.15) is 11.8 Å². The lowest BCUT2D eigenvalue weighted by Gasteiger charge is -2.14. The second kappa shape index (κ2) is 5.84. The number of thioether (sulfide) groups is 1. The maximum atomic E-state index is 10.5. The third-order valence-electron chi connectivity index (χ3n) is 2.16. The zero-order chi connectivity index (χ0) is 13.1. The molecule has 0 radical (unpaired) electrons. The van der Waals surface area contributed by atoms with Crippen LogP contribution in [0, 0.1) is 0 Å². The Balaban J connectivity index is 2.43. The van der Waals surface area contributed by atoms with E-state index in [1.165, 1.54) is 11.8 Å². The zero-order valence-corrected chi connectivity index (χ0v) is 11.9. The molecule has 0 spiro atoms. The zero-order valence-electron chi connectivity index (χ0n) is 10.3. The topological polar surface area (TPSA) is 76.2 Å². The summed E-state index contributed by atoms with van der Waals surface area (Å²) >= 11 is 3.13. The normalized spacial score (nSPS) is 13.6. The predicted molar refractivity (Wildman–Crippen MR) is 72.6 cm³/mol. The molecule has 0 aliphatic carbocycles. The van der Waals surface area contributed by atoms with Crippen LogP contribution in [0.4, 0.5) is 0 Å². The summed E-state index contributed by atoms with van der Waals surface area (Å²) in [5.41, 5.74) is 6.57. The quantitative estimate of drug-likeness (QED) is 0.859. The summed E-state index contributed by atoms with van der Waals surface area (Å²) in [5.74, 6) is 0.189. The molecule has 1 aromatic heterocycles. The van der Waals surface area contributed by atoms with Crippen LogP contribution in [0.2, 0.25) is 0 Å². The van der Waals surface area contributed by atoms with Gasteiger partial charge in [-0.1, -0.05) is 20.8 Å². The fraction of sp³-hybridized carbons (Fsp3) is 0.636. The number of carboxylic acid groups (broad SMARTS) is 1. The molecule has 0 fully saturated rings. The first-order valence-corrected chi connectivity index (χ1v) is 7.35. The van der Waals surface area contributed by atoms with Crippen molar-refractivity contribution in [3.8, 4) is 0 Å². The van der Waals surface area contributed by atoms with Crippen molar-refractivity contribution in [2.75, 3.05) is 5.75 Å². The summed E-state index contributed by atoms with van der Waals surface area (Å²) in [6, 6.07) is -0.790. The van der Waals surface area contributed by atoms with E-state index in [9.17, 15) is 4.79 Å². The van der Waals surface area contributed by atoms with E-state index in [0.717, 1.165) is 16.5 Å². The number of nitrogens with zero attached hydrogens (tertiary/aromatic N) is 1. The van der Waals surface area contributed by atoms with Crippen molar-refractivity contribution in [3.63, 3.8) is 0 Å². The molecule has 96 valence electrons. The van der Waals surface area contributed by atoms with Gasteiger partial charge in [0.15, 0.2) is 0 Å². The van der Waals surface area contributed by atoms with Gasteiger partial charge in [0, 0.05) is 22.3 Å². The molecule has 6 heteroatoms. The predicted octanol–water partition coefficient (Wildman–Crippen LogP) is 2.09. The first-order chi connectivity index (χ1) is 7.80. The van der Waals surface area contributed by atoms with Crippen molar-refractivity contribution in [1.82, 2.24) is 4.98 Å². The van der Waals surface area contributed by atoms with Crippen LogP contribution in [0.1, 0.15) is 31.5 Å². The first-order valence-electron chi connectivity index (χ1n) is 5.31. The molecular formula is C11H18N2O2S2. The second-order valence-electron chi connectivity index (χ2n) is 4.84. The Morgan fingerprint density at radius 1 is 1.65 bits per heavy atom. The minimum atomic E-state index is -0.952. The van der Waals surface area contributed by atoms with Crippen LogP contribution >= 0.6 is 23.1 Å². The minimum Gasteiger partial charge on any atom is -0.480 e. The minimum absolute atomic E-state index is 0.0664. The number of aliphatic carboxylic acids is 1. The molecular weight excluding hydrogens is 256 g/mol. The van der Waals surface area contributed by atoms with Gasteiger partial charge < -0.3 is 10.8 Å². The Bertz CT molecular complexity index is 385. The SMILES string of the molecule is CC(C)(C)c1csc(CSC[C@H](N)C(=O)O)n1. The average Bonchev–Trinajstić information content (AvgIpc) is 2.65. The highest BCUT2D eigenvalue weighted by Crippen LogP contribution is 2.25. The van der Waals surface area contributed by atoms with Crippen molar-refractivity contribution in [2.24, 2.45) is 5.73 Å². The second-order valence-corrected chi connectivity index (χ2v) is 6.81. The van der Waals surface area contributed by atoms with E-state index < -0.39 is 12.0 Å². The molecule has 0 bridgehead atoms. The summed E-state index contributed by atoms with van der Waals surface area (Å²) in [5, 5.41) is 11.7. The third-order valence-corrected chi connectivity index (χ3v) is 4.26. The van der Waals surface area contributed by atoms with E-state index in [1.54, 1.807) is 11.3 Å². The molecule has 0 unspecified atom stereocenters. The van der Waals surface area contributed by atoms with Gasteiger partial charge in [-0.3, -0.25) is 4.79 Å². The monoisotopic (exact) mass is 274 g/mol. The lowest BCUT2D eigenvalue weighted by Crippen LogP contribution is -2.32. The first kappa shape index (κ1) is 14.5. The van der Waals surface area contributed by atoms with Gasteiger partial charge in [-0.05, 0) is 0 Å². The summed E-state index contributed by atoms with van der Waals surface area (Å²) in [7, 11) is 0. The molecule has 3 N–H and O–H groups in total. The van der Waals surface area contributed by atoms with E-state index in [1.807, 2.05) is 0 Å². The number of nitrogens with two attached hydrogens (primary N) is 1. The summed E-state index contributed by atoms with van der Waals surface area (Å²) < 4.78 is 0. The van der Waals surface area contributed by atoms with Crippen LogP contribution in [-0.2, 0) is 16.0 Å². The van der Waals surface area contributed by atoms with Crippen molar-refractivity contribution >= 4 is 29.1 Å². The largest absolute Gasteiger partial charge is 0.480 e. The van der Waals surface area contributed by atoms with E-state index in [0.29, 0.717) is 5.75 Å². The standard InChI is InChI=1S/C11H18N2O2S2/c1-11(2,3)8-5-17-9(13-8)6-16-4-7(12)10(14)15/h5,7H,4,6,12H2,1-3H3,(H,14,15)/t7-/m0/s1. The van der Waals surface area contributed by atoms with Gasteiger partial charge in [0.05, 0.1) is 5.69 Å². The summed E-state index contributed by atoms with van der Waals surface area (Å²) in [6.45, 7) is 6.37. The molecule has 0 aromatic carbocycles. The molecule has 0 aliphatic heterocycles. The van der Waals surface area contributed by atoms with Crippen molar-refractivity contribution in [3.05, 3.63) is 16.1 Å². The number of aromatic nitrogens is 1. The number of carbonyl (C=O) groups is 1. The molecule has 0 saturated carbocycles. The molecule has 1 atom stereocenters. The maximum Gasteiger partial charge on any atom is 0.321 e. The van der Waals surface area contributed by atoms with E-state index >= 15 is 0 Å². The molecule has 1 aromatic rings. The fourth-order valence-electron chi connectivity index (χ4n) is 1.07. The lowest BCUT2D eigenvalue weighted by atomic mass is 9.93. The van der Waals surface area contributed by atoms with E-state index in [2.05, 4.69) is 31.1 Å². The molecule has 1 rings (SSSR count). The van der Waals surface area contributed by atoms with Gasteiger partial charge in [0.25, 0.3) is 0 Å². The highest BCUT2D eigenvalue weighted by molar-refractivity contribution is 7.98. The Hall–Kier alpha value is -0.590. The summed E-state index contributed by atoms with van der Waals surface area (Å²) in [6.07, 6.45) is 0. The van der Waals surface area contributed by atoms with Gasteiger partial charge in [0.2, 0.25) is 0 Å². The van der Waals surface area contributed by atoms with Crippen LogP contribution in [0.25, 0.3) is 0 Å². The number of rotatable bonds is 5. The Labute approximate surface area is 110 Å². The number of hydrogen-bond acceptors (Lipinski definition) is 5. The van der Waals surface area contributed by atoms with Crippen LogP contribution in [0.5, 0.6) is 0 Å². The van der Waals surface area contributed by atoms with Crippen molar-refractivity contribution in [2.45, 2.75) is 38.0 Å². The number of thiazole rings is 1. The van der Waals surface area contributed by atoms with Gasteiger partial charge >= 0.3 is 5.97 Å². The third kappa shape index (κ3) is 4.65. The van der Waals surface area contributed by atoms with Crippen molar-refractivity contribution < 1.29 is 9.90 Å². The fourth-order valence-corrected chi connectivity index (χ4v) is 3.15. The van der Waals surface area contributed by atoms with E-state index in [4.69, 9.17) is 10.8 Å². The molecule has 0 saturated heterocycles. The molecule has 17 heavy (non-hydrogen) atoms. The van der Waals surface area contributed by atoms with Crippen LogP contribution in [0.3, 0.4) is 0 Å². The average molecular weight is 274 g/mol. The van der Waals surface area contributed by atoms with Crippen LogP contribution < -0.4 is 5.73 Å². The Morgan fingerprint density at radius 2 is 2.29 bits per heavy atom. The molecule has 0 aliphatic rings. The Morgan fingerprint density at radius 3 is 2.76 bits per heavy atom. The molecule has 0 amide bonds. The number of carboxylic acids is 1. The highest BCUT2D eigenvalue weighted by atomic mass is 32.2. The molecule has 1 heterocycles. The lowest BCUT2D eigenvalue weighted by molar-refractivity contribution is -0.137. The van der Waals surface area contributed by atoms with Crippen molar-refractivity contribution in [1.29, 1.82) is 0 Å². The number of hydrogen-bond donors (Lipinski definition) is 2. The maximum absolute atomic E-state index is 10.5. The highest BCUT2D eigenvalue weighted by Gasteiger charge is 2.17. The van der Waals surface area contributed by atoms with Crippen LogP contribution in [0.15, 0.2) is 5.38 Å². The van der Waals surface area contributed by atoms with E-state index in [-0.39, 0.29) is 5.41 Å². The van der Waals surface area contributed by atoms with Crippen LogP contribution in [-0.4, -0.2) is 27.9 Å². The van der Waals surface area contributed by atoms with Gasteiger partial charge in [-0.25, -0.2) is 4.98 Å². The smallest absolute Gasteiger partial charge is 0.321 e. The van der Waals surface area contributed by atoms with Gasteiger partial charge in [-0.15, -0.1) is 11.3 Å².